The number of Topliss-reactive ketones (excluding diaryl/α,β-unsaturated/α-hetero) is 1. The number of alkyl halides is 3. The molecule has 0 aliphatic carbocycles. The van der Waals surface area contributed by atoms with Gasteiger partial charge in [-0.3, -0.25) is 9.59 Å². The van der Waals surface area contributed by atoms with Crippen LogP contribution in [0.2, 0.25) is 0 Å². The molecule has 2 aromatic carbocycles. The van der Waals surface area contributed by atoms with Crippen LogP contribution >= 0.6 is 0 Å². The van der Waals surface area contributed by atoms with Crippen molar-refractivity contribution >= 4 is 27.4 Å². The van der Waals surface area contributed by atoms with Crippen LogP contribution in [0.4, 0.5) is 18.9 Å². The topological polar surface area (TPSA) is 83.6 Å². The van der Waals surface area contributed by atoms with Crippen molar-refractivity contribution in [1.29, 1.82) is 0 Å². The summed E-state index contributed by atoms with van der Waals surface area (Å²) in [7, 11) is -2.94. The van der Waals surface area contributed by atoms with Gasteiger partial charge in [-0.1, -0.05) is 24.3 Å². The van der Waals surface area contributed by atoms with Gasteiger partial charge in [0.1, 0.15) is 0 Å². The molecule has 0 spiro atoms. The second-order valence-corrected chi connectivity index (χ2v) is 7.98. The van der Waals surface area contributed by atoms with E-state index in [0.29, 0.717) is 9.87 Å². The Balaban J connectivity index is 2.15. The summed E-state index contributed by atoms with van der Waals surface area (Å²) in [6.45, 7) is 0.641. The molecule has 0 aromatic heterocycles. The lowest BCUT2D eigenvalue weighted by atomic mass is 10.1. The van der Waals surface area contributed by atoms with Crippen LogP contribution in [-0.4, -0.2) is 38.0 Å². The largest absolute Gasteiger partial charge is 0.418 e. The Morgan fingerprint density at radius 3 is 2.14 bits per heavy atom. The van der Waals surface area contributed by atoms with Gasteiger partial charge in [-0.15, -0.1) is 0 Å². The SMILES string of the molecule is CC(=O)c1ccc(S(=O)(=O)N(C)CC(=O)Nc2ccccc2C(F)(F)F)cc1. The highest BCUT2D eigenvalue weighted by atomic mass is 32.2. The number of nitrogens with zero attached hydrogens (tertiary/aromatic N) is 1. The van der Waals surface area contributed by atoms with E-state index in [2.05, 4.69) is 5.32 Å². The number of ketones is 1. The predicted octanol–water partition coefficient (Wildman–Crippen LogP) is 3.17. The van der Waals surface area contributed by atoms with Crippen molar-refractivity contribution in [3.8, 4) is 0 Å². The number of sulfonamides is 1. The fourth-order valence-corrected chi connectivity index (χ4v) is 3.48. The first-order valence-corrected chi connectivity index (χ1v) is 9.40. The van der Waals surface area contributed by atoms with Crippen molar-refractivity contribution in [2.45, 2.75) is 18.0 Å². The van der Waals surface area contributed by atoms with E-state index in [9.17, 15) is 31.2 Å². The van der Waals surface area contributed by atoms with Gasteiger partial charge in [-0.25, -0.2) is 8.42 Å². The zero-order chi connectivity index (χ0) is 21.1. The maximum atomic E-state index is 13.0. The number of carbonyl (C=O) groups is 2. The second kappa shape index (κ2) is 8.11. The molecule has 0 saturated carbocycles. The van der Waals surface area contributed by atoms with Gasteiger partial charge in [0.15, 0.2) is 5.78 Å². The molecule has 10 heteroatoms. The lowest BCUT2D eigenvalue weighted by molar-refractivity contribution is -0.137. The number of nitrogens with one attached hydrogen (secondary N) is 1. The summed E-state index contributed by atoms with van der Waals surface area (Å²) in [6.07, 6.45) is -4.67. The first-order chi connectivity index (χ1) is 12.9. The number of amides is 1. The Bertz CT molecular complexity index is 987. The van der Waals surface area contributed by atoms with Gasteiger partial charge in [0.2, 0.25) is 15.9 Å². The van der Waals surface area contributed by atoms with Gasteiger partial charge in [-0.2, -0.15) is 17.5 Å². The molecule has 2 rings (SSSR count). The highest BCUT2D eigenvalue weighted by Crippen LogP contribution is 2.34. The standard InChI is InChI=1S/C18H17F3N2O4S/c1-12(24)13-7-9-14(10-8-13)28(26,27)23(2)11-17(25)22-16-6-4-3-5-15(16)18(19,20)21/h3-10H,11H2,1-2H3,(H,22,25). The van der Waals surface area contributed by atoms with E-state index in [4.69, 9.17) is 0 Å². The maximum Gasteiger partial charge on any atom is 0.418 e. The van der Waals surface area contributed by atoms with Crippen molar-refractivity contribution in [2.75, 3.05) is 18.9 Å². The monoisotopic (exact) mass is 414 g/mol. The second-order valence-electron chi connectivity index (χ2n) is 5.93. The van der Waals surface area contributed by atoms with Crippen LogP contribution < -0.4 is 5.32 Å². The highest BCUT2D eigenvalue weighted by Gasteiger charge is 2.33. The van der Waals surface area contributed by atoms with Crippen LogP contribution in [0.1, 0.15) is 22.8 Å². The number of anilines is 1. The molecule has 0 radical (unpaired) electrons. The van der Waals surface area contributed by atoms with Crippen molar-refractivity contribution < 1.29 is 31.2 Å². The quantitative estimate of drug-likeness (QED) is 0.736. The zero-order valence-electron chi connectivity index (χ0n) is 14.9. The Morgan fingerprint density at radius 2 is 1.61 bits per heavy atom. The van der Waals surface area contributed by atoms with Gasteiger partial charge in [0.25, 0.3) is 0 Å². The minimum Gasteiger partial charge on any atom is -0.324 e. The molecular weight excluding hydrogens is 397 g/mol. The molecule has 0 unspecified atom stereocenters. The van der Waals surface area contributed by atoms with Crippen molar-refractivity contribution in [2.24, 2.45) is 0 Å². The summed E-state index contributed by atoms with van der Waals surface area (Å²) in [6, 6.07) is 9.51. The predicted molar refractivity (Wildman–Crippen MR) is 96.3 cm³/mol. The molecule has 0 heterocycles. The van der Waals surface area contributed by atoms with E-state index in [1.165, 1.54) is 43.3 Å². The van der Waals surface area contributed by atoms with Crippen molar-refractivity contribution in [3.63, 3.8) is 0 Å². The summed E-state index contributed by atoms with van der Waals surface area (Å²) < 4.78 is 64.7. The fourth-order valence-electron chi connectivity index (χ4n) is 2.36. The van der Waals surface area contributed by atoms with Crippen molar-refractivity contribution in [1.82, 2.24) is 4.31 Å². The van der Waals surface area contributed by atoms with Gasteiger partial charge in [0, 0.05) is 12.6 Å². The van der Waals surface area contributed by atoms with Crippen LogP contribution in [0.25, 0.3) is 0 Å². The van der Waals surface area contributed by atoms with E-state index in [-0.39, 0.29) is 10.7 Å². The number of hydrogen-bond acceptors (Lipinski definition) is 4. The highest BCUT2D eigenvalue weighted by molar-refractivity contribution is 7.89. The average Bonchev–Trinajstić information content (AvgIpc) is 2.61. The summed E-state index contributed by atoms with van der Waals surface area (Å²) in [4.78, 5) is 23.2. The number of para-hydroxylation sites is 1. The van der Waals surface area contributed by atoms with E-state index in [0.717, 1.165) is 19.2 Å². The Labute approximate surface area is 160 Å². The maximum absolute atomic E-state index is 13.0. The third-order valence-electron chi connectivity index (χ3n) is 3.84. The van der Waals surface area contributed by atoms with Crippen molar-refractivity contribution in [3.05, 3.63) is 59.7 Å². The van der Waals surface area contributed by atoms with Crippen LogP contribution in [0.5, 0.6) is 0 Å². The average molecular weight is 414 g/mol. The van der Waals surface area contributed by atoms with E-state index in [1.807, 2.05) is 0 Å². The van der Waals surface area contributed by atoms with E-state index < -0.39 is 39.9 Å². The molecule has 0 aliphatic rings. The lowest BCUT2D eigenvalue weighted by Crippen LogP contribution is -2.35. The van der Waals surface area contributed by atoms with Crippen LogP contribution in [0.3, 0.4) is 0 Å². The number of rotatable bonds is 6. The molecular formula is C18H17F3N2O4S. The molecule has 150 valence electrons. The molecule has 0 aliphatic heterocycles. The lowest BCUT2D eigenvalue weighted by Gasteiger charge is -2.18. The molecule has 0 fully saturated rings. The third-order valence-corrected chi connectivity index (χ3v) is 5.66. The van der Waals surface area contributed by atoms with E-state index >= 15 is 0 Å². The molecule has 6 nitrogen and oxygen atoms in total. The minimum absolute atomic E-state index is 0.150. The van der Waals surface area contributed by atoms with Gasteiger partial charge in [-0.05, 0) is 31.2 Å². The molecule has 28 heavy (non-hydrogen) atoms. The third kappa shape index (κ3) is 4.96. The Kier molecular flexibility index (Phi) is 6.25. The summed E-state index contributed by atoms with van der Waals surface area (Å²) in [5.74, 6) is -1.16. The molecule has 1 amide bonds. The number of likely N-dealkylation sites (N-methyl/N-ethyl adjacent to an activating group) is 1. The molecule has 0 bridgehead atoms. The Morgan fingerprint density at radius 1 is 1.04 bits per heavy atom. The summed E-state index contributed by atoms with van der Waals surface area (Å²) in [5, 5.41) is 2.09. The van der Waals surface area contributed by atoms with Gasteiger partial charge < -0.3 is 5.32 Å². The normalized spacial score (nSPS) is 12.1. The summed E-state index contributed by atoms with van der Waals surface area (Å²) in [5.41, 5.74) is -1.17. The minimum atomic E-state index is -4.67. The number of carbonyl (C=O) groups excluding carboxylic acids is 2. The molecule has 0 atom stereocenters. The number of hydrogen-bond donors (Lipinski definition) is 1. The molecule has 2 aromatic rings. The smallest absolute Gasteiger partial charge is 0.324 e. The molecule has 1 N–H and O–H groups in total. The first-order valence-electron chi connectivity index (χ1n) is 7.96. The van der Waals surface area contributed by atoms with E-state index in [1.54, 1.807) is 0 Å². The van der Waals surface area contributed by atoms with Gasteiger partial charge in [0.05, 0.1) is 22.7 Å². The number of halogens is 3. The van der Waals surface area contributed by atoms with Crippen LogP contribution in [0.15, 0.2) is 53.4 Å². The Hall–Kier alpha value is -2.72. The summed E-state index contributed by atoms with van der Waals surface area (Å²) >= 11 is 0. The van der Waals surface area contributed by atoms with Crippen LogP contribution in [-0.2, 0) is 21.0 Å². The molecule has 0 saturated heterocycles. The van der Waals surface area contributed by atoms with Crippen LogP contribution in [0, 0.1) is 0 Å². The first kappa shape index (κ1) is 21.6. The van der Waals surface area contributed by atoms with Gasteiger partial charge >= 0.3 is 6.18 Å². The fraction of sp³-hybridized carbons (Fsp3) is 0.222. The number of benzene rings is 2. The zero-order valence-corrected chi connectivity index (χ0v) is 15.8.